The zero-order valence-electron chi connectivity index (χ0n) is 10.7. The zero-order valence-corrected chi connectivity index (χ0v) is 10.7. The van der Waals surface area contributed by atoms with Gasteiger partial charge in [-0.1, -0.05) is 0 Å². The first kappa shape index (κ1) is 12.0. The smallest absolute Gasteiger partial charge is 0.0704 e. The summed E-state index contributed by atoms with van der Waals surface area (Å²) < 4.78 is 5.89. The molecule has 4 atom stereocenters. The lowest BCUT2D eigenvalue weighted by atomic mass is 9.94. The molecule has 1 rings (SSSR count). The van der Waals surface area contributed by atoms with Crippen LogP contribution in [0.1, 0.15) is 48.5 Å². The molecular formula is C12H25NO. The molecule has 0 amide bonds. The van der Waals surface area contributed by atoms with Gasteiger partial charge in [0.25, 0.3) is 0 Å². The van der Waals surface area contributed by atoms with Crippen molar-refractivity contribution in [2.24, 2.45) is 0 Å². The average Bonchev–Trinajstić information content (AvgIpc) is 1.98. The molecule has 1 heterocycles. The Morgan fingerprint density at radius 3 is 1.50 bits per heavy atom. The van der Waals surface area contributed by atoms with Gasteiger partial charge in [-0.25, -0.2) is 0 Å². The highest BCUT2D eigenvalue weighted by molar-refractivity contribution is 4.93. The average molecular weight is 199 g/mol. The van der Waals surface area contributed by atoms with Crippen LogP contribution in [0.2, 0.25) is 0 Å². The Morgan fingerprint density at radius 2 is 1.21 bits per heavy atom. The first-order valence-corrected chi connectivity index (χ1v) is 5.69. The summed E-state index contributed by atoms with van der Waals surface area (Å²) in [6.07, 6.45) is 0.667. The lowest BCUT2D eigenvalue weighted by Gasteiger charge is -2.52. The van der Waals surface area contributed by atoms with Crippen LogP contribution in [-0.2, 0) is 4.74 Å². The lowest BCUT2D eigenvalue weighted by Crippen LogP contribution is -2.63. The number of rotatable bonds is 0. The van der Waals surface area contributed by atoms with Gasteiger partial charge in [-0.05, 0) is 48.5 Å². The van der Waals surface area contributed by atoms with E-state index in [0.717, 1.165) is 0 Å². The first-order valence-electron chi connectivity index (χ1n) is 5.69. The molecule has 2 heteroatoms. The quantitative estimate of drug-likeness (QED) is 0.595. The van der Waals surface area contributed by atoms with Crippen LogP contribution < -0.4 is 0 Å². The summed E-state index contributed by atoms with van der Waals surface area (Å²) in [6, 6.07) is 1.00. The fraction of sp³-hybridized carbons (Fsp3) is 1.00. The van der Waals surface area contributed by atoms with Gasteiger partial charge in [-0.3, -0.25) is 4.90 Å². The van der Waals surface area contributed by atoms with Crippen molar-refractivity contribution in [2.75, 3.05) is 0 Å². The molecule has 1 fully saturated rings. The Kier molecular flexibility index (Phi) is 3.27. The molecule has 2 nitrogen and oxygen atoms in total. The molecule has 0 aliphatic carbocycles. The highest BCUT2D eigenvalue weighted by Gasteiger charge is 2.40. The van der Waals surface area contributed by atoms with Crippen LogP contribution in [0.4, 0.5) is 0 Å². The molecule has 0 aromatic carbocycles. The summed E-state index contributed by atoms with van der Waals surface area (Å²) in [5, 5.41) is 0. The molecule has 1 saturated heterocycles. The lowest BCUT2D eigenvalue weighted by molar-refractivity contribution is -0.155. The molecule has 0 bridgehead atoms. The second-order valence-electron chi connectivity index (χ2n) is 5.61. The molecule has 0 aromatic heterocycles. The predicted octanol–water partition coefficient (Wildman–Crippen LogP) is 2.67. The van der Waals surface area contributed by atoms with E-state index in [1.807, 2.05) is 0 Å². The Hall–Kier alpha value is -0.0800. The minimum Gasteiger partial charge on any atom is -0.372 e. The van der Waals surface area contributed by atoms with E-state index in [2.05, 4.69) is 53.4 Å². The monoisotopic (exact) mass is 199 g/mol. The molecular weight excluding hydrogens is 174 g/mol. The molecule has 0 spiro atoms. The van der Waals surface area contributed by atoms with Gasteiger partial charge >= 0.3 is 0 Å². The SMILES string of the molecule is CC1OC(C)C(C)N(C(C)(C)C)C1C. The molecule has 1 aliphatic rings. The Morgan fingerprint density at radius 1 is 0.857 bits per heavy atom. The summed E-state index contributed by atoms with van der Waals surface area (Å²) in [7, 11) is 0. The van der Waals surface area contributed by atoms with Crippen LogP contribution in [-0.4, -0.2) is 34.7 Å². The summed E-state index contributed by atoms with van der Waals surface area (Å²) in [5.41, 5.74) is 0.227. The molecule has 84 valence electrons. The van der Waals surface area contributed by atoms with Gasteiger partial charge in [0, 0.05) is 17.6 Å². The van der Waals surface area contributed by atoms with E-state index in [4.69, 9.17) is 4.74 Å². The largest absolute Gasteiger partial charge is 0.372 e. The molecule has 0 N–H and O–H groups in total. The maximum Gasteiger partial charge on any atom is 0.0704 e. The third kappa shape index (κ3) is 2.12. The van der Waals surface area contributed by atoms with Crippen molar-refractivity contribution >= 4 is 0 Å². The van der Waals surface area contributed by atoms with Crippen LogP contribution >= 0.6 is 0 Å². The van der Waals surface area contributed by atoms with Crippen molar-refractivity contribution in [3.63, 3.8) is 0 Å². The van der Waals surface area contributed by atoms with Crippen molar-refractivity contribution in [3.8, 4) is 0 Å². The van der Waals surface area contributed by atoms with E-state index in [9.17, 15) is 0 Å². The second-order valence-corrected chi connectivity index (χ2v) is 5.61. The van der Waals surface area contributed by atoms with Crippen molar-refractivity contribution in [1.82, 2.24) is 4.90 Å². The zero-order chi connectivity index (χ0) is 11.1. The normalized spacial score (nSPS) is 41.4. The Labute approximate surface area is 88.6 Å². The van der Waals surface area contributed by atoms with E-state index in [-0.39, 0.29) is 5.54 Å². The highest BCUT2D eigenvalue weighted by atomic mass is 16.5. The van der Waals surface area contributed by atoms with Crippen molar-refractivity contribution in [2.45, 2.75) is 78.3 Å². The van der Waals surface area contributed by atoms with Crippen LogP contribution in [0.25, 0.3) is 0 Å². The maximum absolute atomic E-state index is 5.89. The molecule has 0 aromatic rings. The fourth-order valence-corrected chi connectivity index (χ4v) is 2.61. The molecule has 0 radical (unpaired) electrons. The van der Waals surface area contributed by atoms with E-state index in [1.165, 1.54) is 0 Å². The third-order valence-corrected chi connectivity index (χ3v) is 3.44. The highest BCUT2D eigenvalue weighted by Crippen LogP contribution is 2.30. The van der Waals surface area contributed by atoms with E-state index < -0.39 is 0 Å². The molecule has 4 unspecified atom stereocenters. The summed E-state index contributed by atoms with van der Waals surface area (Å²) in [6.45, 7) is 15.7. The third-order valence-electron chi connectivity index (χ3n) is 3.44. The first-order chi connectivity index (χ1) is 6.25. The van der Waals surface area contributed by atoms with E-state index in [1.54, 1.807) is 0 Å². The topological polar surface area (TPSA) is 12.5 Å². The standard InChI is InChI=1S/C12H25NO/c1-8-10(3)14-11(4)9(2)13(8)12(5,6)7/h8-11H,1-7H3. The van der Waals surface area contributed by atoms with Crippen LogP contribution in [0.15, 0.2) is 0 Å². The Bertz CT molecular complexity index is 183. The molecule has 0 saturated carbocycles. The van der Waals surface area contributed by atoms with Crippen LogP contribution in [0.5, 0.6) is 0 Å². The summed E-state index contributed by atoms with van der Waals surface area (Å²) in [4.78, 5) is 2.58. The van der Waals surface area contributed by atoms with Crippen molar-refractivity contribution < 1.29 is 4.74 Å². The van der Waals surface area contributed by atoms with E-state index >= 15 is 0 Å². The van der Waals surface area contributed by atoms with Crippen LogP contribution in [0.3, 0.4) is 0 Å². The maximum atomic E-state index is 5.89. The van der Waals surface area contributed by atoms with Crippen molar-refractivity contribution in [3.05, 3.63) is 0 Å². The minimum atomic E-state index is 0.227. The summed E-state index contributed by atoms with van der Waals surface area (Å²) >= 11 is 0. The summed E-state index contributed by atoms with van der Waals surface area (Å²) in [5.74, 6) is 0. The van der Waals surface area contributed by atoms with Gasteiger partial charge in [0.05, 0.1) is 12.2 Å². The van der Waals surface area contributed by atoms with Crippen molar-refractivity contribution in [1.29, 1.82) is 0 Å². The number of hydrogen-bond acceptors (Lipinski definition) is 2. The predicted molar refractivity (Wildman–Crippen MR) is 60.5 cm³/mol. The van der Waals surface area contributed by atoms with E-state index in [0.29, 0.717) is 24.3 Å². The number of morpholine rings is 1. The Balaban J connectivity index is 2.88. The van der Waals surface area contributed by atoms with Gasteiger partial charge in [-0.15, -0.1) is 0 Å². The molecule has 1 aliphatic heterocycles. The number of ether oxygens (including phenoxy) is 1. The minimum absolute atomic E-state index is 0.227. The number of hydrogen-bond donors (Lipinski definition) is 0. The van der Waals surface area contributed by atoms with Gasteiger partial charge < -0.3 is 4.74 Å². The van der Waals surface area contributed by atoms with Gasteiger partial charge in [0.2, 0.25) is 0 Å². The van der Waals surface area contributed by atoms with Gasteiger partial charge in [-0.2, -0.15) is 0 Å². The fourth-order valence-electron chi connectivity index (χ4n) is 2.61. The number of nitrogens with zero attached hydrogens (tertiary/aromatic N) is 1. The second kappa shape index (κ2) is 3.82. The van der Waals surface area contributed by atoms with Crippen LogP contribution in [0, 0.1) is 0 Å². The van der Waals surface area contributed by atoms with Gasteiger partial charge in [0.1, 0.15) is 0 Å². The van der Waals surface area contributed by atoms with Gasteiger partial charge in [0.15, 0.2) is 0 Å². The molecule has 14 heavy (non-hydrogen) atoms.